The third-order valence-electron chi connectivity index (χ3n) is 4.76. The van der Waals surface area contributed by atoms with Crippen molar-refractivity contribution in [2.24, 2.45) is 0 Å². The highest BCUT2D eigenvalue weighted by atomic mass is 32.2. The van der Waals surface area contributed by atoms with Crippen LogP contribution in [0.5, 0.6) is 0 Å². The number of aromatic nitrogens is 3. The highest BCUT2D eigenvalue weighted by molar-refractivity contribution is 7.99. The van der Waals surface area contributed by atoms with Crippen molar-refractivity contribution in [3.8, 4) is 0 Å². The number of rotatable bonds is 7. The SMILES string of the molecule is Cc1nc(N)c2nc(C)n(CCCCCSc3ccc(F)cc3F)c2c1C. The molecule has 0 aliphatic rings. The van der Waals surface area contributed by atoms with E-state index < -0.39 is 11.6 Å². The Balaban J connectivity index is 1.56. The van der Waals surface area contributed by atoms with Crippen LogP contribution in [0.1, 0.15) is 36.3 Å². The molecule has 27 heavy (non-hydrogen) atoms. The fraction of sp³-hybridized carbons (Fsp3) is 0.400. The first-order valence-corrected chi connectivity index (χ1v) is 10.0. The number of hydrogen-bond donors (Lipinski definition) is 1. The first kappa shape index (κ1) is 19.6. The molecular weight excluding hydrogens is 366 g/mol. The van der Waals surface area contributed by atoms with Crippen molar-refractivity contribution in [3.05, 3.63) is 46.9 Å². The number of imidazole rings is 1. The van der Waals surface area contributed by atoms with Crippen LogP contribution < -0.4 is 5.73 Å². The van der Waals surface area contributed by atoms with E-state index in [1.807, 2.05) is 13.8 Å². The van der Waals surface area contributed by atoms with Gasteiger partial charge in [-0.1, -0.05) is 6.42 Å². The second-order valence-corrected chi connectivity index (χ2v) is 7.84. The molecule has 4 nitrogen and oxygen atoms in total. The van der Waals surface area contributed by atoms with Crippen molar-refractivity contribution in [1.29, 1.82) is 0 Å². The fourth-order valence-electron chi connectivity index (χ4n) is 3.21. The standard InChI is InChI=1S/C20H24F2N4S/c1-12-13(2)24-20(23)18-19(12)26(14(3)25-18)9-5-4-6-10-27-17-8-7-15(21)11-16(17)22/h7-8,11H,4-6,9-10H2,1-3H3,(H2,23,24). The number of nitrogens with zero attached hydrogens (tertiary/aromatic N) is 3. The minimum absolute atomic E-state index is 0.479. The van der Waals surface area contributed by atoms with Crippen molar-refractivity contribution in [2.45, 2.75) is 51.5 Å². The normalized spacial score (nSPS) is 11.4. The van der Waals surface area contributed by atoms with Gasteiger partial charge in [-0.05, 0) is 57.1 Å². The van der Waals surface area contributed by atoms with Gasteiger partial charge in [-0.2, -0.15) is 0 Å². The largest absolute Gasteiger partial charge is 0.382 e. The van der Waals surface area contributed by atoms with Crippen LogP contribution in [0.2, 0.25) is 0 Å². The molecule has 3 aromatic rings. The van der Waals surface area contributed by atoms with Crippen LogP contribution in [0, 0.1) is 32.4 Å². The number of benzene rings is 1. The van der Waals surface area contributed by atoms with Crippen molar-refractivity contribution in [2.75, 3.05) is 11.5 Å². The Hall–Kier alpha value is -2.15. The van der Waals surface area contributed by atoms with E-state index in [0.717, 1.165) is 65.7 Å². The summed E-state index contributed by atoms with van der Waals surface area (Å²) < 4.78 is 28.8. The third kappa shape index (κ3) is 4.24. The molecule has 3 rings (SSSR count). The Bertz CT molecular complexity index is 969. The van der Waals surface area contributed by atoms with Crippen molar-refractivity contribution in [3.63, 3.8) is 0 Å². The number of unbranched alkanes of at least 4 members (excludes halogenated alkanes) is 2. The molecule has 0 atom stereocenters. The lowest BCUT2D eigenvalue weighted by Gasteiger charge is -2.10. The third-order valence-corrected chi connectivity index (χ3v) is 5.90. The van der Waals surface area contributed by atoms with Crippen LogP contribution in [0.25, 0.3) is 11.0 Å². The number of nitrogens with two attached hydrogens (primary N) is 1. The summed E-state index contributed by atoms with van der Waals surface area (Å²) in [5.74, 6) is 1.20. The Morgan fingerprint density at radius 1 is 1.07 bits per heavy atom. The maximum atomic E-state index is 13.6. The monoisotopic (exact) mass is 390 g/mol. The van der Waals surface area contributed by atoms with E-state index in [1.165, 1.54) is 23.9 Å². The van der Waals surface area contributed by atoms with Gasteiger partial charge in [0.2, 0.25) is 0 Å². The zero-order valence-corrected chi connectivity index (χ0v) is 16.7. The van der Waals surface area contributed by atoms with E-state index in [2.05, 4.69) is 21.5 Å². The first-order chi connectivity index (χ1) is 12.9. The van der Waals surface area contributed by atoms with Crippen LogP contribution in [-0.2, 0) is 6.54 Å². The predicted molar refractivity (Wildman–Crippen MR) is 107 cm³/mol. The number of nitrogen functional groups attached to an aromatic ring is 1. The lowest BCUT2D eigenvalue weighted by atomic mass is 10.2. The molecule has 1 aromatic carbocycles. The number of pyridine rings is 1. The average molecular weight is 391 g/mol. The van der Waals surface area contributed by atoms with Gasteiger partial charge >= 0.3 is 0 Å². The van der Waals surface area contributed by atoms with Crippen LogP contribution in [-0.4, -0.2) is 20.3 Å². The first-order valence-electron chi connectivity index (χ1n) is 9.06. The summed E-state index contributed by atoms with van der Waals surface area (Å²) in [6.07, 6.45) is 2.99. The Labute approximate surface area is 162 Å². The second-order valence-electron chi connectivity index (χ2n) is 6.70. The lowest BCUT2D eigenvalue weighted by molar-refractivity contribution is 0.565. The molecule has 0 saturated heterocycles. The molecule has 0 amide bonds. The van der Waals surface area contributed by atoms with Crippen LogP contribution >= 0.6 is 11.8 Å². The Morgan fingerprint density at radius 3 is 2.59 bits per heavy atom. The molecular formula is C20H24F2N4S. The molecule has 2 heterocycles. The summed E-state index contributed by atoms with van der Waals surface area (Å²) in [6, 6.07) is 3.73. The van der Waals surface area contributed by atoms with Gasteiger partial charge in [-0.25, -0.2) is 18.7 Å². The molecule has 144 valence electrons. The zero-order valence-electron chi connectivity index (χ0n) is 15.9. The topological polar surface area (TPSA) is 56.7 Å². The minimum atomic E-state index is -0.541. The molecule has 0 fully saturated rings. The smallest absolute Gasteiger partial charge is 0.151 e. The summed E-state index contributed by atoms with van der Waals surface area (Å²) in [6.45, 7) is 6.86. The molecule has 0 bridgehead atoms. The summed E-state index contributed by atoms with van der Waals surface area (Å²) in [5.41, 5.74) is 9.92. The Morgan fingerprint density at radius 2 is 1.85 bits per heavy atom. The van der Waals surface area contributed by atoms with Gasteiger partial charge in [0.15, 0.2) is 5.82 Å². The van der Waals surface area contributed by atoms with Crippen LogP contribution in [0.4, 0.5) is 14.6 Å². The van der Waals surface area contributed by atoms with E-state index >= 15 is 0 Å². The number of anilines is 1. The highest BCUT2D eigenvalue weighted by Gasteiger charge is 2.15. The van der Waals surface area contributed by atoms with E-state index in [1.54, 1.807) is 0 Å². The van der Waals surface area contributed by atoms with E-state index in [4.69, 9.17) is 5.73 Å². The van der Waals surface area contributed by atoms with Crippen LogP contribution in [0.15, 0.2) is 23.1 Å². The molecule has 0 spiro atoms. The van der Waals surface area contributed by atoms with E-state index in [-0.39, 0.29) is 0 Å². The van der Waals surface area contributed by atoms with Crippen molar-refractivity contribution < 1.29 is 8.78 Å². The summed E-state index contributed by atoms with van der Waals surface area (Å²) in [5, 5.41) is 0. The maximum Gasteiger partial charge on any atom is 0.151 e. The van der Waals surface area contributed by atoms with Crippen molar-refractivity contribution in [1.82, 2.24) is 14.5 Å². The molecule has 2 aromatic heterocycles. The van der Waals surface area contributed by atoms with Gasteiger partial charge in [0, 0.05) is 23.2 Å². The predicted octanol–water partition coefficient (Wildman–Crippen LogP) is 5.18. The van der Waals surface area contributed by atoms with E-state index in [9.17, 15) is 8.78 Å². The van der Waals surface area contributed by atoms with Gasteiger partial charge < -0.3 is 10.3 Å². The molecule has 7 heteroatoms. The van der Waals surface area contributed by atoms with Crippen molar-refractivity contribution >= 4 is 28.6 Å². The van der Waals surface area contributed by atoms with Gasteiger partial charge in [-0.15, -0.1) is 11.8 Å². The van der Waals surface area contributed by atoms with E-state index in [0.29, 0.717) is 10.7 Å². The molecule has 0 radical (unpaired) electrons. The molecule has 0 aliphatic heterocycles. The maximum absolute atomic E-state index is 13.6. The molecule has 0 saturated carbocycles. The fourth-order valence-corrected chi connectivity index (χ4v) is 4.14. The highest BCUT2D eigenvalue weighted by Crippen LogP contribution is 2.27. The number of thioether (sulfide) groups is 1. The molecule has 0 aliphatic carbocycles. The summed E-state index contributed by atoms with van der Waals surface area (Å²) >= 11 is 1.43. The minimum Gasteiger partial charge on any atom is -0.382 e. The average Bonchev–Trinajstić information content (AvgIpc) is 2.95. The second kappa shape index (κ2) is 8.25. The summed E-state index contributed by atoms with van der Waals surface area (Å²) in [4.78, 5) is 9.45. The number of halogens is 2. The number of aryl methyl sites for hydroxylation is 4. The number of fused-ring (bicyclic) bond motifs is 1. The van der Waals surface area contributed by atoms with Gasteiger partial charge in [0.1, 0.15) is 23.0 Å². The Kier molecular flexibility index (Phi) is 5.99. The van der Waals surface area contributed by atoms with Crippen LogP contribution in [0.3, 0.4) is 0 Å². The zero-order chi connectivity index (χ0) is 19.6. The summed E-state index contributed by atoms with van der Waals surface area (Å²) in [7, 11) is 0. The van der Waals surface area contributed by atoms with Gasteiger partial charge in [0.05, 0.1) is 5.52 Å². The molecule has 2 N–H and O–H groups in total. The molecule has 0 unspecified atom stereocenters. The number of hydrogen-bond acceptors (Lipinski definition) is 4. The van der Waals surface area contributed by atoms with Gasteiger partial charge in [0.25, 0.3) is 0 Å². The lowest BCUT2D eigenvalue weighted by Crippen LogP contribution is -2.04. The van der Waals surface area contributed by atoms with Gasteiger partial charge in [-0.3, -0.25) is 0 Å². The quantitative estimate of drug-likeness (QED) is 0.446.